The van der Waals surface area contributed by atoms with Gasteiger partial charge in [0.05, 0.1) is 29.5 Å². The molecule has 0 aromatic heterocycles. The molecule has 0 radical (unpaired) electrons. The summed E-state index contributed by atoms with van der Waals surface area (Å²) in [5, 5.41) is 15.6. The lowest BCUT2D eigenvalue weighted by Crippen LogP contribution is -2.40. The fourth-order valence-corrected chi connectivity index (χ4v) is 4.53. The molecule has 10 heteroatoms. The minimum absolute atomic E-state index is 0.180. The molecule has 2 aromatic rings. The first kappa shape index (κ1) is 20.9. The number of nitrogens with zero attached hydrogens (tertiary/aromatic N) is 3. The maximum Gasteiger partial charge on any atom is 0.270 e. The second kappa shape index (κ2) is 9.12. The van der Waals surface area contributed by atoms with Crippen molar-refractivity contribution in [2.75, 3.05) is 31.7 Å². The molecule has 1 fully saturated rings. The van der Waals surface area contributed by atoms with Gasteiger partial charge in [-0.25, -0.2) is 8.42 Å². The second-order valence-electron chi connectivity index (χ2n) is 6.34. The van der Waals surface area contributed by atoms with Gasteiger partial charge in [0, 0.05) is 25.2 Å². The number of hydrazone groups is 1. The van der Waals surface area contributed by atoms with Crippen molar-refractivity contribution in [3.05, 3.63) is 64.2 Å². The van der Waals surface area contributed by atoms with E-state index in [0.717, 1.165) is 17.3 Å². The molecule has 0 unspecified atom stereocenters. The summed E-state index contributed by atoms with van der Waals surface area (Å²) in [6.45, 7) is 2.89. The molecule has 29 heavy (non-hydrogen) atoms. The SMILES string of the molecule is CC/C(=N/Nc1ccc([N+](=O)[O-])cc1S(=O)(=O)N1CCOCC1)c1ccccc1. The van der Waals surface area contributed by atoms with Crippen molar-refractivity contribution in [2.24, 2.45) is 5.10 Å². The Labute approximate surface area is 169 Å². The Morgan fingerprint density at radius 3 is 2.52 bits per heavy atom. The van der Waals surface area contributed by atoms with Crippen LogP contribution in [0.5, 0.6) is 0 Å². The molecule has 0 spiro atoms. The number of rotatable bonds is 7. The van der Waals surface area contributed by atoms with Crippen molar-refractivity contribution in [3.63, 3.8) is 0 Å². The summed E-state index contributed by atoms with van der Waals surface area (Å²) in [5.41, 5.74) is 4.33. The first-order valence-electron chi connectivity index (χ1n) is 9.18. The van der Waals surface area contributed by atoms with E-state index in [1.807, 2.05) is 37.3 Å². The smallest absolute Gasteiger partial charge is 0.270 e. The Morgan fingerprint density at radius 2 is 1.90 bits per heavy atom. The lowest BCUT2D eigenvalue weighted by molar-refractivity contribution is -0.385. The van der Waals surface area contributed by atoms with Crippen molar-refractivity contribution < 1.29 is 18.1 Å². The summed E-state index contributed by atoms with van der Waals surface area (Å²) in [7, 11) is -3.95. The van der Waals surface area contributed by atoms with Gasteiger partial charge in [-0.2, -0.15) is 9.41 Å². The molecule has 2 aromatic carbocycles. The van der Waals surface area contributed by atoms with Crippen LogP contribution in [0.1, 0.15) is 18.9 Å². The Morgan fingerprint density at radius 1 is 1.21 bits per heavy atom. The van der Waals surface area contributed by atoms with Gasteiger partial charge in [0.1, 0.15) is 4.90 Å². The van der Waals surface area contributed by atoms with E-state index in [9.17, 15) is 18.5 Å². The van der Waals surface area contributed by atoms with E-state index in [-0.39, 0.29) is 42.6 Å². The Kier molecular flexibility index (Phi) is 6.57. The van der Waals surface area contributed by atoms with E-state index < -0.39 is 14.9 Å². The summed E-state index contributed by atoms with van der Waals surface area (Å²) in [6.07, 6.45) is 0.621. The van der Waals surface area contributed by atoms with Gasteiger partial charge in [-0.05, 0) is 18.1 Å². The molecule has 0 amide bonds. The molecule has 0 bridgehead atoms. The third-order valence-electron chi connectivity index (χ3n) is 4.52. The number of benzene rings is 2. The molecule has 1 N–H and O–H groups in total. The number of ether oxygens (including phenoxy) is 1. The first-order valence-corrected chi connectivity index (χ1v) is 10.6. The Bertz CT molecular complexity index is 1000. The number of non-ortho nitro benzene ring substituents is 1. The van der Waals surface area contributed by atoms with Crippen LogP contribution in [0, 0.1) is 10.1 Å². The number of hydrogen-bond acceptors (Lipinski definition) is 7. The molecule has 154 valence electrons. The number of anilines is 1. The quantitative estimate of drug-likeness (QED) is 0.420. The number of morpholine rings is 1. The van der Waals surface area contributed by atoms with Crippen LogP contribution < -0.4 is 5.43 Å². The summed E-state index contributed by atoms with van der Waals surface area (Å²) >= 11 is 0. The average molecular weight is 418 g/mol. The summed E-state index contributed by atoms with van der Waals surface area (Å²) in [4.78, 5) is 10.4. The summed E-state index contributed by atoms with van der Waals surface area (Å²) < 4.78 is 32.7. The molecule has 0 saturated carbocycles. The monoisotopic (exact) mass is 418 g/mol. The van der Waals surface area contributed by atoms with Crippen LogP contribution in [0.2, 0.25) is 0 Å². The van der Waals surface area contributed by atoms with Gasteiger partial charge in [-0.15, -0.1) is 0 Å². The predicted molar refractivity (Wildman–Crippen MR) is 110 cm³/mol. The number of nitrogens with one attached hydrogen (secondary N) is 1. The number of hydrogen-bond donors (Lipinski definition) is 1. The maximum absolute atomic E-state index is 13.1. The van der Waals surface area contributed by atoms with E-state index in [1.54, 1.807) is 0 Å². The maximum atomic E-state index is 13.1. The van der Waals surface area contributed by atoms with Crippen LogP contribution in [0.25, 0.3) is 0 Å². The highest BCUT2D eigenvalue weighted by atomic mass is 32.2. The molecule has 0 aliphatic carbocycles. The van der Waals surface area contributed by atoms with Crippen LogP contribution >= 0.6 is 0 Å². The molecule has 1 heterocycles. The highest BCUT2D eigenvalue weighted by Gasteiger charge is 2.30. The van der Waals surface area contributed by atoms with Crippen LogP contribution in [0.3, 0.4) is 0 Å². The molecule has 1 saturated heterocycles. The number of nitro groups is 1. The zero-order chi connectivity index (χ0) is 20.9. The van der Waals surface area contributed by atoms with E-state index in [0.29, 0.717) is 6.42 Å². The third-order valence-corrected chi connectivity index (χ3v) is 6.46. The van der Waals surface area contributed by atoms with Gasteiger partial charge in [0.15, 0.2) is 0 Å². The third kappa shape index (κ3) is 4.78. The minimum atomic E-state index is -3.95. The number of nitro benzene ring substituents is 1. The molecule has 3 rings (SSSR count). The Balaban J connectivity index is 2.00. The van der Waals surface area contributed by atoms with Crippen molar-refractivity contribution in [1.29, 1.82) is 0 Å². The average Bonchev–Trinajstić information content (AvgIpc) is 2.75. The minimum Gasteiger partial charge on any atom is -0.379 e. The van der Waals surface area contributed by atoms with Gasteiger partial charge < -0.3 is 4.74 Å². The topological polar surface area (TPSA) is 114 Å². The normalized spacial score (nSPS) is 15.8. The van der Waals surface area contributed by atoms with E-state index >= 15 is 0 Å². The van der Waals surface area contributed by atoms with Crippen LogP contribution in [-0.4, -0.2) is 49.7 Å². The molecular formula is C19H22N4O5S. The molecule has 1 aliphatic rings. The molecule has 9 nitrogen and oxygen atoms in total. The highest BCUT2D eigenvalue weighted by Crippen LogP contribution is 2.29. The largest absolute Gasteiger partial charge is 0.379 e. The molecule has 0 atom stereocenters. The second-order valence-corrected chi connectivity index (χ2v) is 8.25. The fourth-order valence-electron chi connectivity index (χ4n) is 2.96. The fraction of sp³-hybridized carbons (Fsp3) is 0.316. The van der Waals surface area contributed by atoms with Crippen LogP contribution in [-0.2, 0) is 14.8 Å². The molecule has 1 aliphatic heterocycles. The van der Waals surface area contributed by atoms with Crippen LogP contribution in [0.4, 0.5) is 11.4 Å². The van der Waals surface area contributed by atoms with Crippen molar-refractivity contribution >= 4 is 27.1 Å². The van der Waals surface area contributed by atoms with Gasteiger partial charge in [-0.3, -0.25) is 15.5 Å². The van der Waals surface area contributed by atoms with E-state index in [1.165, 1.54) is 16.4 Å². The zero-order valence-electron chi connectivity index (χ0n) is 15.9. The number of sulfonamides is 1. The van der Waals surface area contributed by atoms with Crippen LogP contribution in [0.15, 0.2) is 58.5 Å². The lowest BCUT2D eigenvalue weighted by Gasteiger charge is -2.26. The lowest BCUT2D eigenvalue weighted by atomic mass is 10.1. The standard InChI is InChI=1S/C19H22N4O5S/c1-2-17(15-6-4-3-5-7-15)20-21-18-9-8-16(23(24)25)14-19(18)29(26,27)22-10-12-28-13-11-22/h3-9,14,21H,2,10-13H2,1H3/b20-17-. The van der Waals surface area contributed by atoms with Gasteiger partial charge in [0.2, 0.25) is 10.0 Å². The van der Waals surface area contributed by atoms with Gasteiger partial charge >= 0.3 is 0 Å². The van der Waals surface area contributed by atoms with E-state index in [2.05, 4.69) is 10.5 Å². The summed E-state index contributed by atoms with van der Waals surface area (Å²) in [6, 6.07) is 13.2. The predicted octanol–water partition coefficient (Wildman–Crippen LogP) is 2.84. The van der Waals surface area contributed by atoms with Crippen molar-refractivity contribution in [2.45, 2.75) is 18.2 Å². The van der Waals surface area contributed by atoms with E-state index in [4.69, 9.17) is 4.74 Å². The summed E-state index contributed by atoms with van der Waals surface area (Å²) in [5.74, 6) is 0. The van der Waals surface area contributed by atoms with Crippen molar-refractivity contribution in [3.8, 4) is 0 Å². The van der Waals surface area contributed by atoms with Gasteiger partial charge in [-0.1, -0.05) is 37.3 Å². The molecular weight excluding hydrogens is 396 g/mol. The van der Waals surface area contributed by atoms with Gasteiger partial charge in [0.25, 0.3) is 5.69 Å². The Hall–Kier alpha value is -2.82. The first-order chi connectivity index (χ1) is 13.9. The zero-order valence-corrected chi connectivity index (χ0v) is 16.8. The van der Waals surface area contributed by atoms with Crippen molar-refractivity contribution in [1.82, 2.24) is 4.31 Å². The highest BCUT2D eigenvalue weighted by molar-refractivity contribution is 7.89.